The topological polar surface area (TPSA) is 29.1 Å². The molecule has 4 heteroatoms. The van der Waals surface area contributed by atoms with Crippen LogP contribution in [0, 0.1) is 6.92 Å². The molecule has 2 nitrogen and oxygen atoms in total. The summed E-state index contributed by atoms with van der Waals surface area (Å²) in [6.45, 7) is 2.08. The highest BCUT2D eigenvalue weighted by atomic mass is 35.5. The predicted octanol–water partition coefficient (Wildman–Crippen LogP) is 3.86. The summed E-state index contributed by atoms with van der Waals surface area (Å²) < 4.78 is 12.4. The van der Waals surface area contributed by atoms with Crippen LogP contribution in [0.4, 0.5) is 0 Å². The molecule has 0 bridgehead atoms. The van der Waals surface area contributed by atoms with Gasteiger partial charge in [0.15, 0.2) is 0 Å². The third kappa shape index (κ3) is 4.40. The van der Waals surface area contributed by atoms with Crippen molar-refractivity contribution in [2.24, 2.45) is 0 Å². The zero-order valence-corrected chi connectivity index (χ0v) is 13.9. The van der Waals surface area contributed by atoms with E-state index in [1.54, 1.807) is 0 Å². The highest BCUT2D eigenvalue weighted by Gasteiger charge is 2.15. The number of hydrogen-bond acceptors (Lipinski definition) is 2. The average Bonchev–Trinajstić information content (AvgIpc) is 2.48. The Bertz CT molecular complexity index is 630. The third-order valence-corrected chi connectivity index (χ3v) is 5.25. The lowest BCUT2D eigenvalue weighted by Crippen LogP contribution is -2.24. The minimum atomic E-state index is -0.967. The fourth-order valence-electron chi connectivity index (χ4n) is 2.34. The van der Waals surface area contributed by atoms with Crippen molar-refractivity contribution in [3.8, 4) is 0 Å². The first-order valence-corrected chi connectivity index (χ1v) is 8.79. The van der Waals surface area contributed by atoms with E-state index in [4.69, 9.17) is 11.6 Å². The first-order valence-electron chi connectivity index (χ1n) is 6.93. The Morgan fingerprint density at radius 3 is 2.48 bits per heavy atom. The first-order chi connectivity index (χ1) is 10.1. The maximum absolute atomic E-state index is 12.4. The van der Waals surface area contributed by atoms with E-state index < -0.39 is 10.8 Å². The molecular weight excluding hydrogens is 302 g/mol. The molecule has 2 aromatic carbocycles. The Balaban J connectivity index is 2.07. The molecule has 0 saturated carbocycles. The molecule has 0 aliphatic carbocycles. The molecule has 0 aromatic heterocycles. The van der Waals surface area contributed by atoms with Crippen LogP contribution >= 0.6 is 11.6 Å². The van der Waals surface area contributed by atoms with Crippen LogP contribution < -0.4 is 5.32 Å². The Morgan fingerprint density at radius 1 is 1.14 bits per heavy atom. The Labute approximate surface area is 134 Å². The molecule has 0 radical (unpaired) electrons. The lowest BCUT2D eigenvalue weighted by Gasteiger charge is -2.18. The molecule has 1 N–H and O–H groups in total. The van der Waals surface area contributed by atoms with Gasteiger partial charge in [0.2, 0.25) is 0 Å². The molecule has 21 heavy (non-hydrogen) atoms. The molecule has 0 aliphatic heterocycles. The van der Waals surface area contributed by atoms with Crippen LogP contribution in [-0.2, 0) is 16.6 Å². The van der Waals surface area contributed by atoms with Crippen LogP contribution in [0.2, 0.25) is 5.02 Å². The summed E-state index contributed by atoms with van der Waals surface area (Å²) in [6, 6.07) is 15.9. The largest absolute Gasteiger partial charge is 0.312 e. The second-order valence-electron chi connectivity index (χ2n) is 5.04. The van der Waals surface area contributed by atoms with E-state index in [-0.39, 0.29) is 6.04 Å². The van der Waals surface area contributed by atoms with Crippen molar-refractivity contribution >= 4 is 22.4 Å². The van der Waals surface area contributed by atoms with Crippen LogP contribution in [0.5, 0.6) is 0 Å². The molecule has 2 aromatic rings. The van der Waals surface area contributed by atoms with E-state index in [0.29, 0.717) is 16.5 Å². The van der Waals surface area contributed by atoms with Gasteiger partial charge in [-0.05, 0) is 36.7 Å². The van der Waals surface area contributed by atoms with Gasteiger partial charge in [0.05, 0.1) is 5.75 Å². The van der Waals surface area contributed by atoms with Crippen molar-refractivity contribution in [3.63, 3.8) is 0 Å². The van der Waals surface area contributed by atoms with E-state index in [9.17, 15) is 4.21 Å². The molecule has 112 valence electrons. The highest BCUT2D eigenvalue weighted by molar-refractivity contribution is 7.84. The molecule has 2 rings (SSSR count). The van der Waals surface area contributed by atoms with Gasteiger partial charge in [0.25, 0.3) is 0 Å². The summed E-state index contributed by atoms with van der Waals surface area (Å²) in [7, 11) is 0.940. The van der Waals surface area contributed by atoms with Crippen molar-refractivity contribution in [3.05, 3.63) is 70.2 Å². The Morgan fingerprint density at radius 2 is 1.81 bits per heavy atom. The van der Waals surface area contributed by atoms with Gasteiger partial charge in [-0.1, -0.05) is 54.1 Å². The van der Waals surface area contributed by atoms with Gasteiger partial charge in [0.1, 0.15) is 0 Å². The SMILES string of the molecule is CNC(CS(=O)Cc1ccccc1Cl)c1ccccc1C. The molecule has 2 unspecified atom stereocenters. The van der Waals surface area contributed by atoms with Gasteiger partial charge in [-0.2, -0.15) is 0 Å². The zero-order valence-electron chi connectivity index (χ0n) is 12.3. The van der Waals surface area contributed by atoms with Gasteiger partial charge >= 0.3 is 0 Å². The average molecular weight is 322 g/mol. The van der Waals surface area contributed by atoms with Crippen molar-refractivity contribution in [2.45, 2.75) is 18.7 Å². The zero-order chi connectivity index (χ0) is 15.2. The van der Waals surface area contributed by atoms with Gasteiger partial charge in [-0.25, -0.2) is 0 Å². The van der Waals surface area contributed by atoms with Crippen LogP contribution in [0.25, 0.3) is 0 Å². The fraction of sp³-hybridized carbons (Fsp3) is 0.294. The Kier molecular flexibility index (Phi) is 5.97. The summed E-state index contributed by atoms with van der Waals surface area (Å²) >= 11 is 6.13. The molecule has 0 fully saturated rings. The maximum atomic E-state index is 12.4. The van der Waals surface area contributed by atoms with E-state index in [0.717, 1.165) is 5.56 Å². The summed E-state index contributed by atoms with van der Waals surface area (Å²) in [4.78, 5) is 0. The molecule has 0 heterocycles. The summed E-state index contributed by atoms with van der Waals surface area (Å²) in [5.74, 6) is 1.07. The lowest BCUT2D eigenvalue weighted by molar-refractivity contribution is 0.633. The van der Waals surface area contributed by atoms with Crippen LogP contribution in [0.3, 0.4) is 0 Å². The molecule has 2 atom stereocenters. The number of hydrogen-bond donors (Lipinski definition) is 1. The summed E-state index contributed by atoms with van der Waals surface area (Å²) in [6.07, 6.45) is 0. The highest BCUT2D eigenvalue weighted by Crippen LogP contribution is 2.21. The van der Waals surface area contributed by atoms with E-state index >= 15 is 0 Å². The second kappa shape index (κ2) is 7.74. The minimum Gasteiger partial charge on any atom is -0.312 e. The van der Waals surface area contributed by atoms with Crippen LogP contribution in [0.15, 0.2) is 48.5 Å². The van der Waals surface area contributed by atoms with E-state index in [1.807, 2.05) is 43.4 Å². The molecular formula is C17H20ClNOS. The van der Waals surface area contributed by atoms with E-state index in [1.165, 1.54) is 11.1 Å². The van der Waals surface area contributed by atoms with Crippen molar-refractivity contribution in [1.29, 1.82) is 0 Å². The smallest absolute Gasteiger partial charge is 0.0501 e. The minimum absolute atomic E-state index is 0.0921. The Hall–Kier alpha value is -1.16. The normalized spacial score (nSPS) is 13.9. The van der Waals surface area contributed by atoms with Gasteiger partial charge < -0.3 is 5.32 Å². The lowest BCUT2D eigenvalue weighted by atomic mass is 10.0. The molecule has 0 spiro atoms. The van der Waals surface area contributed by atoms with Crippen molar-refractivity contribution in [2.75, 3.05) is 12.8 Å². The number of nitrogens with one attached hydrogen (secondary N) is 1. The quantitative estimate of drug-likeness (QED) is 0.875. The summed E-state index contributed by atoms with van der Waals surface area (Å²) in [5.41, 5.74) is 3.36. The fourth-order valence-corrected chi connectivity index (χ4v) is 4.06. The van der Waals surface area contributed by atoms with Crippen LogP contribution in [-0.4, -0.2) is 17.0 Å². The monoisotopic (exact) mass is 321 g/mol. The molecule has 0 saturated heterocycles. The van der Waals surface area contributed by atoms with Crippen molar-refractivity contribution < 1.29 is 4.21 Å². The summed E-state index contributed by atoms with van der Waals surface area (Å²) in [5, 5.41) is 3.95. The number of rotatable bonds is 6. The predicted molar refractivity (Wildman–Crippen MR) is 91.1 cm³/mol. The molecule has 0 amide bonds. The third-order valence-electron chi connectivity index (χ3n) is 3.54. The maximum Gasteiger partial charge on any atom is 0.0501 e. The van der Waals surface area contributed by atoms with Gasteiger partial charge in [-0.15, -0.1) is 0 Å². The number of benzene rings is 2. The van der Waals surface area contributed by atoms with Gasteiger partial charge in [-0.3, -0.25) is 4.21 Å². The number of aryl methyl sites for hydroxylation is 1. The van der Waals surface area contributed by atoms with Crippen molar-refractivity contribution in [1.82, 2.24) is 5.32 Å². The van der Waals surface area contributed by atoms with Gasteiger partial charge in [0, 0.05) is 27.6 Å². The second-order valence-corrected chi connectivity index (χ2v) is 6.95. The van der Waals surface area contributed by atoms with E-state index in [2.05, 4.69) is 24.4 Å². The molecule has 0 aliphatic rings. The number of halogens is 1. The first kappa shape index (κ1) is 16.2. The standard InChI is InChI=1S/C17H20ClNOS/c1-13-7-3-5-9-15(13)17(19-2)12-21(20)11-14-8-4-6-10-16(14)18/h3-10,17,19H,11-12H2,1-2H3. The van der Waals surface area contributed by atoms with Crippen LogP contribution in [0.1, 0.15) is 22.7 Å².